The Morgan fingerprint density at radius 1 is 1.23 bits per heavy atom. The Labute approximate surface area is 189 Å². The zero-order valence-electron chi connectivity index (χ0n) is 17.0. The highest BCUT2D eigenvalue weighted by Gasteiger charge is 2.37. The number of aliphatic imine (C=N–C) groups is 1. The Morgan fingerprint density at radius 2 is 2.03 bits per heavy atom. The van der Waals surface area contributed by atoms with Crippen molar-refractivity contribution in [2.24, 2.45) is 4.99 Å². The monoisotopic (exact) mass is 462 g/mol. The third kappa shape index (κ3) is 4.33. The summed E-state index contributed by atoms with van der Waals surface area (Å²) >= 11 is 9.21. The Hall–Kier alpha value is -2.10. The van der Waals surface area contributed by atoms with Crippen LogP contribution in [0.1, 0.15) is 32.3 Å². The van der Waals surface area contributed by atoms with Crippen molar-refractivity contribution < 1.29 is 4.74 Å². The van der Waals surface area contributed by atoms with Crippen LogP contribution < -0.4 is 15.5 Å². The van der Waals surface area contributed by atoms with E-state index in [9.17, 15) is 0 Å². The smallest absolute Gasteiger partial charge is 0.190 e. The quantitative estimate of drug-likeness (QED) is 0.259. The molecule has 10 heteroatoms. The molecule has 2 aliphatic heterocycles. The van der Waals surface area contributed by atoms with E-state index < -0.39 is 0 Å². The molecule has 0 fully saturated rings. The minimum atomic E-state index is 0.0197. The fourth-order valence-electron chi connectivity index (χ4n) is 3.10. The number of nitrogens with one attached hydrogen (secondary N) is 2. The van der Waals surface area contributed by atoms with Gasteiger partial charge in [0.25, 0.3) is 0 Å². The highest BCUT2D eigenvalue weighted by atomic mass is 35.5. The fourth-order valence-corrected chi connectivity index (χ4v) is 4.55. The number of aromatic nitrogens is 2. The van der Waals surface area contributed by atoms with Gasteiger partial charge in [0.2, 0.25) is 0 Å². The fraction of sp³-hybridized carbons (Fsp3) is 0.350. The van der Waals surface area contributed by atoms with Crippen molar-refractivity contribution in [2.75, 3.05) is 17.3 Å². The molecule has 0 radical (unpaired) electrons. The molecule has 1 atom stereocenters. The number of amidine groups is 1. The SMILES string of the molecule is CCCSc1nc2c(c(SC)n1)C1=NC(=COc3ccc(Cl)cc3)NN1C(CC)N2. The first-order valence-electron chi connectivity index (χ1n) is 9.75. The van der Waals surface area contributed by atoms with Crippen molar-refractivity contribution in [1.82, 2.24) is 20.4 Å². The number of rotatable bonds is 7. The predicted octanol–water partition coefficient (Wildman–Crippen LogP) is 4.96. The Balaban J connectivity index is 1.67. The summed E-state index contributed by atoms with van der Waals surface area (Å²) in [6.45, 7) is 4.28. The lowest BCUT2D eigenvalue weighted by molar-refractivity contribution is 0.276. The standard InChI is InChI=1S/C20H23ClN6OS2/c1-4-10-30-20-24-17-16(19(25-20)29-3)18-22-14(26-27(18)15(5-2)23-17)11-28-13-8-6-12(21)7-9-13/h6-9,11,15,26H,4-5,10H2,1-3H3,(H,23,24,25). The van der Waals surface area contributed by atoms with Crippen LogP contribution in [-0.4, -0.2) is 39.0 Å². The van der Waals surface area contributed by atoms with Crippen molar-refractivity contribution in [3.63, 3.8) is 0 Å². The van der Waals surface area contributed by atoms with E-state index in [1.54, 1.807) is 41.9 Å². The van der Waals surface area contributed by atoms with E-state index in [1.165, 1.54) is 0 Å². The summed E-state index contributed by atoms with van der Waals surface area (Å²) in [6.07, 6.45) is 5.60. The molecule has 0 spiro atoms. The Kier molecular flexibility index (Phi) is 6.60. The number of fused-ring (bicyclic) bond motifs is 3. The van der Waals surface area contributed by atoms with Gasteiger partial charge in [-0.2, -0.15) is 0 Å². The summed E-state index contributed by atoms with van der Waals surface area (Å²) in [5.41, 5.74) is 4.24. The maximum Gasteiger partial charge on any atom is 0.190 e. The highest BCUT2D eigenvalue weighted by Crippen LogP contribution is 2.35. The Morgan fingerprint density at radius 3 is 2.73 bits per heavy atom. The summed E-state index contributed by atoms with van der Waals surface area (Å²) < 4.78 is 5.75. The largest absolute Gasteiger partial charge is 0.461 e. The van der Waals surface area contributed by atoms with Gasteiger partial charge in [-0.05, 0) is 43.4 Å². The maximum atomic E-state index is 5.94. The van der Waals surface area contributed by atoms with Gasteiger partial charge >= 0.3 is 0 Å². The minimum Gasteiger partial charge on any atom is -0.461 e. The number of thioether (sulfide) groups is 2. The van der Waals surface area contributed by atoms with E-state index in [0.717, 1.165) is 46.0 Å². The number of nitrogens with zero attached hydrogens (tertiary/aromatic N) is 4. The van der Waals surface area contributed by atoms with E-state index in [1.807, 2.05) is 23.4 Å². The molecule has 2 N–H and O–H groups in total. The van der Waals surface area contributed by atoms with Gasteiger partial charge in [-0.25, -0.2) is 20.0 Å². The molecule has 30 heavy (non-hydrogen) atoms. The molecule has 2 aliphatic rings. The first-order valence-corrected chi connectivity index (χ1v) is 12.3. The molecule has 2 aromatic rings. The molecule has 4 rings (SSSR count). The number of halogens is 1. The van der Waals surface area contributed by atoms with Gasteiger partial charge < -0.3 is 10.1 Å². The highest BCUT2D eigenvalue weighted by molar-refractivity contribution is 7.99. The molecule has 1 aromatic carbocycles. The second-order valence-electron chi connectivity index (χ2n) is 6.65. The van der Waals surface area contributed by atoms with Crippen molar-refractivity contribution in [3.8, 4) is 5.75 Å². The van der Waals surface area contributed by atoms with Crippen molar-refractivity contribution in [3.05, 3.63) is 46.9 Å². The van der Waals surface area contributed by atoms with Crippen LogP contribution in [0.25, 0.3) is 0 Å². The van der Waals surface area contributed by atoms with Gasteiger partial charge in [-0.3, -0.25) is 5.43 Å². The average Bonchev–Trinajstić information content (AvgIpc) is 3.20. The van der Waals surface area contributed by atoms with Gasteiger partial charge in [0.05, 0.1) is 5.56 Å². The lowest BCUT2D eigenvalue weighted by Crippen LogP contribution is -2.52. The molecule has 1 unspecified atom stereocenters. The molecular formula is C20H23ClN6OS2. The number of benzene rings is 1. The third-order valence-electron chi connectivity index (χ3n) is 4.52. The second kappa shape index (κ2) is 9.36. The minimum absolute atomic E-state index is 0.0197. The van der Waals surface area contributed by atoms with E-state index >= 15 is 0 Å². The molecule has 0 saturated heterocycles. The summed E-state index contributed by atoms with van der Waals surface area (Å²) in [6, 6.07) is 7.21. The molecule has 1 aromatic heterocycles. The van der Waals surface area contributed by atoms with E-state index in [2.05, 4.69) is 24.6 Å². The van der Waals surface area contributed by atoms with Gasteiger partial charge in [-0.15, -0.1) is 11.8 Å². The van der Waals surface area contributed by atoms with E-state index in [-0.39, 0.29) is 6.17 Å². The maximum absolute atomic E-state index is 5.94. The first kappa shape index (κ1) is 21.1. The van der Waals surface area contributed by atoms with Gasteiger partial charge in [0.15, 0.2) is 16.8 Å². The molecule has 7 nitrogen and oxygen atoms in total. The number of hydrazine groups is 1. The molecule has 0 amide bonds. The summed E-state index contributed by atoms with van der Waals surface area (Å²) in [5.74, 6) is 3.93. The number of anilines is 1. The molecule has 0 saturated carbocycles. The molecule has 158 valence electrons. The van der Waals surface area contributed by atoms with Crippen LogP contribution in [0, 0.1) is 0 Å². The number of hydrogen-bond acceptors (Lipinski definition) is 9. The van der Waals surface area contributed by atoms with Gasteiger partial charge in [0.1, 0.15) is 29.0 Å². The zero-order chi connectivity index (χ0) is 21.1. The summed E-state index contributed by atoms with van der Waals surface area (Å²) in [5, 5.41) is 7.92. The van der Waals surface area contributed by atoms with Crippen LogP contribution in [-0.2, 0) is 0 Å². The van der Waals surface area contributed by atoms with Crippen LogP contribution in [0.15, 0.2) is 51.5 Å². The van der Waals surface area contributed by atoms with Crippen molar-refractivity contribution in [1.29, 1.82) is 0 Å². The normalized spacial score (nSPS) is 18.4. The predicted molar refractivity (Wildman–Crippen MR) is 124 cm³/mol. The summed E-state index contributed by atoms with van der Waals surface area (Å²) in [7, 11) is 0. The molecule has 0 aliphatic carbocycles. The topological polar surface area (TPSA) is 74.7 Å². The van der Waals surface area contributed by atoms with Crippen LogP contribution in [0.4, 0.5) is 5.82 Å². The molecule has 0 bridgehead atoms. The zero-order valence-corrected chi connectivity index (χ0v) is 19.4. The summed E-state index contributed by atoms with van der Waals surface area (Å²) in [4.78, 5) is 14.3. The number of hydrogen-bond donors (Lipinski definition) is 2. The first-order chi connectivity index (χ1) is 14.6. The van der Waals surface area contributed by atoms with Crippen LogP contribution >= 0.6 is 35.1 Å². The number of ether oxygens (including phenoxy) is 1. The van der Waals surface area contributed by atoms with Crippen LogP contribution in [0.2, 0.25) is 5.02 Å². The van der Waals surface area contributed by atoms with Crippen molar-refractivity contribution in [2.45, 2.75) is 43.0 Å². The van der Waals surface area contributed by atoms with Crippen LogP contribution in [0.5, 0.6) is 5.75 Å². The Bertz CT molecular complexity index is 982. The van der Waals surface area contributed by atoms with E-state index in [4.69, 9.17) is 31.3 Å². The molecular weight excluding hydrogens is 440 g/mol. The van der Waals surface area contributed by atoms with Crippen molar-refractivity contribution >= 4 is 46.8 Å². The third-order valence-corrected chi connectivity index (χ3v) is 6.51. The second-order valence-corrected chi connectivity index (χ2v) is 8.94. The van der Waals surface area contributed by atoms with Gasteiger partial charge in [-0.1, -0.05) is 37.2 Å². The van der Waals surface area contributed by atoms with Gasteiger partial charge in [0, 0.05) is 10.8 Å². The molecule has 3 heterocycles. The lowest BCUT2D eigenvalue weighted by Gasteiger charge is -2.36. The van der Waals surface area contributed by atoms with Crippen LogP contribution in [0.3, 0.4) is 0 Å². The van der Waals surface area contributed by atoms with E-state index in [0.29, 0.717) is 16.6 Å². The lowest BCUT2D eigenvalue weighted by atomic mass is 10.2. The average molecular weight is 463 g/mol.